The van der Waals surface area contributed by atoms with E-state index < -0.39 is 5.97 Å². The first-order valence-corrected chi connectivity index (χ1v) is 5.39. The summed E-state index contributed by atoms with van der Waals surface area (Å²) < 4.78 is 0. The minimum Gasteiger partial charge on any atom is -0.481 e. The largest absolute Gasteiger partial charge is 0.481 e. The van der Waals surface area contributed by atoms with Gasteiger partial charge in [0.15, 0.2) is 0 Å². The standard InChI is InChI=1S/C11H23NO2/c1-8(2)4-5-10(12)6-9(3)7-11(13)14/h8-10H,4-7,12H2,1-3H3,(H,13,14)/t9-,10-/m1/s1. The van der Waals surface area contributed by atoms with Crippen LogP contribution >= 0.6 is 0 Å². The molecule has 0 amide bonds. The van der Waals surface area contributed by atoms with E-state index in [1.807, 2.05) is 6.92 Å². The number of carboxylic acids is 1. The summed E-state index contributed by atoms with van der Waals surface area (Å²) in [6, 6.07) is 0.159. The van der Waals surface area contributed by atoms with Crippen molar-refractivity contribution in [3.63, 3.8) is 0 Å². The third kappa shape index (κ3) is 8.05. The molecule has 3 N–H and O–H groups in total. The van der Waals surface area contributed by atoms with Crippen LogP contribution in [0.3, 0.4) is 0 Å². The van der Waals surface area contributed by atoms with Crippen molar-refractivity contribution in [3.8, 4) is 0 Å². The quantitative estimate of drug-likeness (QED) is 0.664. The van der Waals surface area contributed by atoms with Crippen LogP contribution in [0.4, 0.5) is 0 Å². The number of rotatable bonds is 7. The molecule has 0 aromatic carbocycles. The molecule has 0 rings (SSSR count). The van der Waals surface area contributed by atoms with E-state index in [1.54, 1.807) is 0 Å². The van der Waals surface area contributed by atoms with Crippen molar-refractivity contribution in [3.05, 3.63) is 0 Å². The second-order valence-electron chi connectivity index (χ2n) is 4.67. The number of carboxylic acid groups (broad SMARTS) is 1. The van der Waals surface area contributed by atoms with Crippen LogP contribution in [0, 0.1) is 11.8 Å². The molecule has 0 fully saturated rings. The topological polar surface area (TPSA) is 63.3 Å². The zero-order valence-corrected chi connectivity index (χ0v) is 9.49. The van der Waals surface area contributed by atoms with Gasteiger partial charge in [0.25, 0.3) is 0 Å². The number of hydrogen-bond donors (Lipinski definition) is 2. The fourth-order valence-electron chi connectivity index (χ4n) is 1.56. The van der Waals surface area contributed by atoms with E-state index >= 15 is 0 Å². The van der Waals surface area contributed by atoms with Gasteiger partial charge in [-0.2, -0.15) is 0 Å². The maximum atomic E-state index is 10.4. The van der Waals surface area contributed by atoms with Gasteiger partial charge in [-0.05, 0) is 31.1 Å². The second kappa shape index (κ2) is 6.82. The summed E-state index contributed by atoms with van der Waals surface area (Å²) in [5.41, 5.74) is 5.91. The Morgan fingerprint density at radius 3 is 2.29 bits per heavy atom. The molecule has 0 spiro atoms. The Kier molecular flexibility index (Phi) is 6.54. The smallest absolute Gasteiger partial charge is 0.303 e. The molecule has 0 saturated carbocycles. The van der Waals surface area contributed by atoms with Crippen molar-refractivity contribution in [2.45, 2.75) is 52.5 Å². The normalized spacial score (nSPS) is 15.5. The van der Waals surface area contributed by atoms with Gasteiger partial charge < -0.3 is 10.8 Å². The van der Waals surface area contributed by atoms with Crippen LogP contribution in [0.5, 0.6) is 0 Å². The summed E-state index contributed by atoms with van der Waals surface area (Å²) in [4.78, 5) is 10.4. The van der Waals surface area contributed by atoms with Crippen LogP contribution < -0.4 is 5.73 Å². The van der Waals surface area contributed by atoms with Gasteiger partial charge in [-0.15, -0.1) is 0 Å². The summed E-state index contributed by atoms with van der Waals surface area (Å²) in [5.74, 6) is 0.138. The summed E-state index contributed by atoms with van der Waals surface area (Å²) >= 11 is 0. The van der Waals surface area contributed by atoms with Crippen LogP contribution in [0.1, 0.15) is 46.5 Å². The highest BCUT2D eigenvalue weighted by Crippen LogP contribution is 2.14. The maximum Gasteiger partial charge on any atom is 0.303 e. The number of nitrogens with two attached hydrogens (primary N) is 1. The van der Waals surface area contributed by atoms with Crippen molar-refractivity contribution in [1.82, 2.24) is 0 Å². The average Bonchev–Trinajstić information content (AvgIpc) is 1.98. The van der Waals surface area contributed by atoms with E-state index in [1.165, 1.54) is 0 Å². The molecule has 0 heterocycles. The molecule has 0 bridgehead atoms. The van der Waals surface area contributed by atoms with Gasteiger partial charge in [-0.25, -0.2) is 0 Å². The van der Waals surface area contributed by atoms with Gasteiger partial charge in [-0.1, -0.05) is 20.8 Å². The maximum absolute atomic E-state index is 10.4. The van der Waals surface area contributed by atoms with Gasteiger partial charge in [0.1, 0.15) is 0 Å². The Hall–Kier alpha value is -0.570. The molecule has 0 saturated heterocycles. The van der Waals surface area contributed by atoms with Crippen LogP contribution in [0.25, 0.3) is 0 Å². The molecule has 0 aromatic rings. The van der Waals surface area contributed by atoms with Crippen LogP contribution in [-0.2, 0) is 4.79 Å². The highest BCUT2D eigenvalue weighted by atomic mass is 16.4. The Balaban J connectivity index is 3.59. The zero-order valence-electron chi connectivity index (χ0n) is 9.49. The van der Waals surface area contributed by atoms with Gasteiger partial charge in [-0.3, -0.25) is 4.79 Å². The van der Waals surface area contributed by atoms with Gasteiger partial charge in [0.05, 0.1) is 0 Å². The average molecular weight is 201 g/mol. The predicted octanol–water partition coefficient (Wildman–Crippen LogP) is 2.25. The fraction of sp³-hybridized carbons (Fsp3) is 0.909. The molecule has 0 aliphatic rings. The molecule has 3 heteroatoms. The van der Waals surface area contributed by atoms with Crippen molar-refractivity contribution in [2.24, 2.45) is 17.6 Å². The van der Waals surface area contributed by atoms with Gasteiger partial charge >= 0.3 is 5.97 Å². The summed E-state index contributed by atoms with van der Waals surface area (Å²) in [6.45, 7) is 6.30. The first-order valence-electron chi connectivity index (χ1n) is 5.39. The monoisotopic (exact) mass is 201 g/mol. The molecule has 14 heavy (non-hydrogen) atoms. The molecule has 0 aromatic heterocycles. The highest BCUT2D eigenvalue weighted by Gasteiger charge is 2.12. The van der Waals surface area contributed by atoms with Crippen molar-refractivity contribution in [2.75, 3.05) is 0 Å². The van der Waals surface area contributed by atoms with Crippen molar-refractivity contribution < 1.29 is 9.90 Å². The van der Waals surface area contributed by atoms with E-state index in [4.69, 9.17) is 10.8 Å². The summed E-state index contributed by atoms with van der Waals surface area (Å²) in [6.07, 6.45) is 3.18. The highest BCUT2D eigenvalue weighted by molar-refractivity contribution is 5.66. The summed E-state index contributed by atoms with van der Waals surface area (Å²) in [7, 11) is 0. The van der Waals surface area contributed by atoms with Crippen LogP contribution in [-0.4, -0.2) is 17.1 Å². The second-order valence-corrected chi connectivity index (χ2v) is 4.67. The molecular weight excluding hydrogens is 178 g/mol. The van der Waals surface area contributed by atoms with Crippen molar-refractivity contribution in [1.29, 1.82) is 0 Å². The molecule has 2 atom stereocenters. The lowest BCUT2D eigenvalue weighted by atomic mass is 9.94. The third-order valence-electron chi connectivity index (χ3n) is 2.34. The molecule has 0 radical (unpaired) electrons. The van der Waals surface area contributed by atoms with E-state index in [0.29, 0.717) is 5.92 Å². The number of carbonyl (C=O) groups is 1. The fourth-order valence-corrected chi connectivity index (χ4v) is 1.56. The first-order chi connectivity index (χ1) is 6.41. The number of aliphatic carboxylic acids is 1. The lowest BCUT2D eigenvalue weighted by molar-refractivity contribution is -0.138. The van der Waals surface area contributed by atoms with Gasteiger partial charge in [0, 0.05) is 12.5 Å². The number of hydrogen-bond acceptors (Lipinski definition) is 2. The van der Waals surface area contributed by atoms with Gasteiger partial charge in [0.2, 0.25) is 0 Å². The molecule has 0 unspecified atom stereocenters. The SMILES string of the molecule is CC(C)CC[C@@H](N)C[C@@H](C)CC(=O)O. The Morgan fingerprint density at radius 2 is 1.86 bits per heavy atom. The third-order valence-corrected chi connectivity index (χ3v) is 2.34. The van der Waals surface area contributed by atoms with E-state index in [0.717, 1.165) is 19.3 Å². The Morgan fingerprint density at radius 1 is 1.29 bits per heavy atom. The first kappa shape index (κ1) is 13.4. The minimum absolute atomic E-state index is 0.159. The van der Waals surface area contributed by atoms with E-state index in [2.05, 4.69) is 13.8 Å². The lowest BCUT2D eigenvalue weighted by Crippen LogP contribution is -2.24. The lowest BCUT2D eigenvalue weighted by Gasteiger charge is -2.16. The Labute approximate surface area is 86.7 Å². The summed E-state index contributed by atoms with van der Waals surface area (Å²) in [5, 5.41) is 8.57. The predicted molar refractivity (Wildman–Crippen MR) is 58.1 cm³/mol. The molecule has 0 aliphatic heterocycles. The molecular formula is C11H23NO2. The molecule has 0 aliphatic carbocycles. The van der Waals surface area contributed by atoms with Crippen molar-refractivity contribution >= 4 is 5.97 Å². The molecule has 84 valence electrons. The zero-order chi connectivity index (χ0) is 11.1. The van der Waals surface area contributed by atoms with Crippen LogP contribution in [0.2, 0.25) is 0 Å². The minimum atomic E-state index is -0.728. The van der Waals surface area contributed by atoms with E-state index in [9.17, 15) is 4.79 Å². The van der Waals surface area contributed by atoms with E-state index in [-0.39, 0.29) is 18.4 Å². The Bertz CT molecular complexity index is 169. The molecule has 3 nitrogen and oxygen atoms in total. The van der Waals surface area contributed by atoms with Crippen LogP contribution in [0.15, 0.2) is 0 Å².